The summed E-state index contributed by atoms with van der Waals surface area (Å²) in [4.78, 5) is 24.9. The van der Waals surface area contributed by atoms with E-state index >= 15 is 0 Å². The fourth-order valence-electron chi connectivity index (χ4n) is 3.71. The highest BCUT2D eigenvalue weighted by Gasteiger charge is 2.20. The van der Waals surface area contributed by atoms with Gasteiger partial charge >= 0.3 is 5.97 Å². The van der Waals surface area contributed by atoms with Crippen molar-refractivity contribution in [3.05, 3.63) is 47.5 Å². The molecule has 2 aromatic carbocycles. The minimum Gasteiger partial charge on any atom is -0.493 e. The number of carbonyl (C=O) groups excluding carboxylic acids is 2. The highest BCUT2D eigenvalue weighted by atomic mass is 16.6. The van der Waals surface area contributed by atoms with Gasteiger partial charge in [0.2, 0.25) is 5.91 Å². The van der Waals surface area contributed by atoms with E-state index in [9.17, 15) is 9.59 Å². The maximum absolute atomic E-state index is 12.7. The van der Waals surface area contributed by atoms with Gasteiger partial charge in [-0.25, -0.2) is 10.2 Å². The van der Waals surface area contributed by atoms with E-state index in [1.807, 2.05) is 6.92 Å². The van der Waals surface area contributed by atoms with Crippen LogP contribution >= 0.6 is 0 Å². The third-order valence-corrected chi connectivity index (χ3v) is 5.45. The third-order valence-electron chi connectivity index (χ3n) is 5.45. The largest absolute Gasteiger partial charge is 0.493 e. The summed E-state index contributed by atoms with van der Waals surface area (Å²) in [6, 6.07) is 9.86. The van der Waals surface area contributed by atoms with Crippen LogP contribution in [0.1, 0.15) is 54.9 Å². The zero-order valence-corrected chi connectivity index (χ0v) is 19.3. The van der Waals surface area contributed by atoms with Gasteiger partial charge in [-0.05, 0) is 61.7 Å². The molecule has 0 bridgehead atoms. The molecule has 0 spiro atoms. The Morgan fingerprint density at radius 1 is 0.970 bits per heavy atom. The van der Waals surface area contributed by atoms with Gasteiger partial charge in [0.15, 0.2) is 23.0 Å². The van der Waals surface area contributed by atoms with Crippen LogP contribution in [0.15, 0.2) is 41.5 Å². The van der Waals surface area contributed by atoms with Crippen LogP contribution in [0.3, 0.4) is 0 Å². The Morgan fingerprint density at radius 2 is 1.70 bits per heavy atom. The minimum absolute atomic E-state index is 0.0354. The normalized spacial score (nSPS) is 14.0. The summed E-state index contributed by atoms with van der Waals surface area (Å²) in [5, 5.41) is 4.08. The Kier molecular flexibility index (Phi) is 8.69. The molecule has 0 saturated heterocycles. The van der Waals surface area contributed by atoms with Crippen LogP contribution in [0.25, 0.3) is 0 Å². The molecule has 1 saturated carbocycles. The fourth-order valence-corrected chi connectivity index (χ4v) is 3.71. The maximum Gasteiger partial charge on any atom is 0.343 e. The van der Waals surface area contributed by atoms with Crippen LogP contribution < -0.4 is 24.4 Å². The first kappa shape index (κ1) is 24.1. The number of hydrogen-bond donors (Lipinski definition) is 1. The van der Waals surface area contributed by atoms with Gasteiger partial charge in [0.05, 0.1) is 32.6 Å². The lowest BCUT2D eigenvalue weighted by Gasteiger charge is -2.19. The number of amides is 1. The van der Waals surface area contributed by atoms with Crippen molar-refractivity contribution in [3.8, 4) is 23.0 Å². The second-order valence-electron chi connectivity index (χ2n) is 7.67. The molecular formula is C25H30N2O6. The number of hydrogen-bond acceptors (Lipinski definition) is 7. The van der Waals surface area contributed by atoms with Gasteiger partial charge in [-0.2, -0.15) is 5.10 Å². The average Bonchev–Trinajstić information content (AvgIpc) is 2.85. The highest BCUT2D eigenvalue weighted by molar-refractivity contribution is 5.92. The third kappa shape index (κ3) is 6.47. The Morgan fingerprint density at radius 3 is 2.39 bits per heavy atom. The standard InChI is InChI=1S/C25H30N2O6/c1-4-32-23-14-17(16-26-27-24(28)18-8-6-5-7-9-18)10-12-21(23)33-25(29)19-11-13-20(30-2)22(15-19)31-3/h10-16,18H,4-9H2,1-3H3,(H,27,28). The molecule has 2 aromatic rings. The first-order chi connectivity index (χ1) is 16.0. The van der Waals surface area contributed by atoms with Gasteiger partial charge in [0.25, 0.3) is 0 Å². The van der Waals surface area contributed by atoms with Gasteiger partial charge in [-0.15, -0.1) is 0 Å². The predicted octanol–water partition coefficient (Wildman–Crippen LogP) is 4.35. The number of nitrogens with zero attached hydrogens (tertiary/aromatic N) is 1. The van der Waals surface area contributed by atoms with E-state index < -0.39 is 5.97 Å². The highest BCUT2D eigenvalue weighted by Crippen LogP contribution is 2.31. The molecule has 0 unspecified atom stereocenters. The predicted molar refractivity (Wildman–Crippen MR) is 124 cm³/mol. The SMILES string of the molecule is CCOc1cc(C=NNC(=O)C2CCCCC2)ccc1OC(=O)c1ccc(OC)c(OC)c1. The fraction of sp³-hybridized carbons (Fsp3) is 0.400. The van der Waals surface area contributed by atoms with Crippen molar-refractivity contribution in [2.75, 3.05) is 20.8 Å². The zero-order valence-electron chi connectivity index (χ0n) is 19.3. The van der Waals surface area contributed by atoms with Crippen molar-refractivity contribution >= 4 is 18.1 Å². The molecule has 8 heteroatoms. The Bertz CT molecular complexity index is 998. The number of nitrogens with one attached hydrogen (secondary N) is 1. The lowest BCUT2D eigenvalue weighted by molar-refractivity contribution is -0.125. The molecule has 1 N–H and O–H groups in total. The smallest absolute Gasteiger partial charge is 0.343 e. The van der Waals surface area contributed by atoms with Crippen LogP contribution in [0.4, 0.5) is 0 Å². The Hall–Kier alpha value is -3.55. The maximum atomic E-state index is 12.7. The van der Waals surface area contributed by atoms with Crippen molar-refractivity contribution in [2.45, 2.75) is 39.0 Å². The second kappa shape index (κ2) is 11.9. The van der Waals surface area contributed by atoms with Crippen LogP contribution in [0, 0.1) is 5.92 Å². The molecule has 0 aromatic heterocycles. The van der Waals surface area contributed by atoms with Gasteiger partial charge in [-0.1, -0.05) is 19.3 Å². The topological polar surface area (TPSA) is 95.5 Å². The first-order valence-corrected chi connectivity index (χ1v) is 11.1. The van der Waals surface area contributed by atoms with E-state index in [4.69, 9.17) is 18.9 Å². The average molecular weight is 455 g/mol. The number of benzene rings is 2. The first-order valence-electron chi connectivity index (χ1n) is 11.1. The molecule has 0 radical (unpaired) electrons. The Labute approximate surface area is 193 Å². The monoisotopic (exact) mass is 454 g/mol. The number of methoxy groups -OCH3 is 2. The van der Waals surface area contributed by atoms with Gasteiger partial charge in [0, 0.05) is 5.92 Å². The molecular weight excluding hydrogens is 424 g/mol. The quantitative estimate of drug-likeness (QED) is 0.262. The zero-order chi connectivity index (χ0) is 23.6. The van der Waals surface area contributed by atoms with Gasteiger partial charge in [0.1, 0.15) is 0 Å². The van der Waals surface area contributed by atoms with E-state index in [2.05, 4.69) is 10.5 Å². The molecule has 1 fully saturated rings. The number of ether oxygens (including phenoxy) is 4. The molecule has 0 aliphatic heterocycles. The van der Waals surface area contributed by atoms with Crippen LogP contribution in [0.5, 0.6) is 23.0 Å². The number of esters is 1. The molecule has 33 heavy (non-hydrogen) atoms. The lowest BCUT2D eigenvalue weighted by Crippen LogP contribution is -2.28. The molecule has 0 atom stereocenters. The van der Waals surface area contributed by atoms with E-state index in [0.29, 0.717) is 35.0 Å². The van der Waals surface area contributed by atoms with Crippen molar-refractivity contribution < 1.29 is 28.5 Å². The van der Waals surface area contributed by atoms with Crippen LogP contribution in [-0.4, -0.2) is 38.9 Å². The van der Waals surface area contributed by atoms with Crippen molar-refractivity contribution in [3.63, 3.8) is 0 Å². The summed E-state index contributed by atoms with van der Waals surface area (Å²) in [5.74, 6) is 1.05. The van der Waals surface area contributed by atoms with Gasteiger partial charge < -0.3 is 18.9 Å². The van der Waals surface area contributed by atoms with E-state index in [1.165, 1.54) is 20.6 Å². The van der Waals surface area contributed by atoms with E-state index in [-0.39, 0.29) is 17.6 Å². The molecule has 1 aliphatic carbocycles. The molecule has 1 amide bonds. The van der Waals surface area contributed by atoms with Crippen molar-refractivity contribution in [2.24, 2.45) is 11.0 Å². The van der Waals surface area contributed by atoms with E-state index in [1.54, 1.807) is 42.6 Å². The number of carbonyl (C=O) groups is 2. The number of rotatable bonds is 9. The Balaban J connectivity index is 1.69. The summed E-state index contributed by atoms with van der Waals surface area (Å²) in [7, 11) is 3.02. The molecule has 1 aliphatic rings. The van der Waals surface area contributed by atoms with Crippen molar-refractivity contribution in [1.29, 1.82) is 0 Å². The summed E-state index contributed by atoms with van der Waals surface area (Å²) in [6.45, 7) is 2.23. The summed E-state index contributed by atoms with van der Waals surface area (Å²) >= 11 is 0. The van der Waals surface area contributed by atoms with Crippen LogP contribution in [0.2, 0.25) is 0 Å². The van der Waals surface area contributed by atoms with Crippen molar-refractivity contribution in [1.82, 2.24) is 5.43 Å². The lowest BCUT2D eigenvalue weighted by atomic mass is 9.89. The second-order valence-corrected chi connectivity index (χ2v) is 7.67. The molecule has 3 rings (SSSR count). The van der Waals surface area contributed by atoms with E-state index in [0.717, 1.165) is 25.7 Å². The summed E-state index contributed by atoms with van der Waals surface area (Å²) in [5.41, 5.74) is 3.64. The summed E-state index contributed by atoms with van der Waals surface area (Å²) in [6.07, 6.45) is 6.73. The van der Waals surface area contributed by atoms with Gasteiger partial charge in [-0.3, -0.25) is 4.79 Å². The minimum atomic E-state index is -0.557. The number of hydrazone groups is 1. The summed E-state index contributed by atoms with van der Waals surface area (Å²) < 4.78 is 21.7. The molecule has 176 valence electrons. The van der Waals surface area contributed by atoms with Crippen LogP contribution in [-0.2, 0) is 4.79 Å². The molecule has 0 heterocycles. The molecule has 8 nitrogen and oxygen atoms in total.